The molecule has 11 heteroatoms. The first kappa shape index (κ1) is 22.6. The standard InChI is InChI=1S/C16H25BrN2O6S2/c1-11-8-19(12(2)10-20)27(23,24)16-6-5-13(17)7-14(16)25-15(11)9-18(3)26(4,21)22/h5-7,11-12,15,20H,8-10H2,1-4H3/t11-,12-,15-/m0/s1. The Morgan fingerprint density at radius 1 is 1.44 bits per heavy atom. The van der Waals surface area contributed by atoms with Gasteiger partial charge in [-0.1, -0.05) is 22.9 Å². The van der Waals surface area contributed by atoms with Crippen LogP contribution in [0.4, 0.5) is 0 Å². The molecule has 3 atom stereocenters. The number of nitrogens with zero attached hydrogens (tertiary/aromatic N) is 2. The maximum Gasteiger partial charge on any atom is 0.247 e. The molecule has 1 heterocycles. The van der Waals surface area contributed by atoms with Gasteiger partial charge >= 0.3 is 0 Å². The number of aliphatic hydroxyl groups is 1. The Hall–Kier alpha value is -0.720. The molecule has 0 saturated heterocycles. The van der Waals surface area contributed by atoms with E-state index in [2.05, 4.69) is 15.9 Å². The molecule has 0 saturated carbocycles. The van der Waals surface area contributed by atoms with Crippen molar-refractivity contribution in [3.63, 3.8) is 0 Å². The van der Waals surface area contributed by atoms with Crippen molar-refractivity contribution < 1.29 is 26.7 Å². The summed E-state index contributed by atoms with van der Waals surface area (Å²) < 4.78 is 59.0. The third kappa shape index (κ3) is 5.01. The van der Waals surface area contributed by atoms with Crippen LogP contribution in [0.2, 0.25) is 0 Å². The van der Waals surface area contributed by atoms with Crippen LogP contribution in [0.25, 0.3) is 0 Å². The Morgan fingerprint density at radius 2 is 2.07 bits per heavy atom. The minimum absolute atomic E-state index is 0.00934. The number of benzene rings is 1. The van der Waals surface area contributed by atoms with Gasteiger partial charge in [-0.25, -0.2) is 21.1 Å². The monoisotopic (exact) mass is 484 g/mol. The molecule has 154 valence electrons. The molecule has 1 N–H and O–H groups in total. The lowest BCUT2D eigenvalue weighted by atomic mass is 10.0. The highest BCUT2D eigenvalue weighted by Crippen LogP contribution is 2.35. The minimum Gasteiger partial charge on any atom is -0.487 e. The van der Waals surface area contributed by atoms with Gasteiger partial charge in [0.05, 0.1) is 19.4 Å². The number of halogens is 1. The number of rotatable bonds is 5. The van der Waals surface area contributed by atoms with Crippen molar-refractivity contribution in [1.82, 2.24) is 8.61 Å². The van der Waals surface area contributed by atoms with Crippen LogP contribution in [-0.2, 0) is 20.0 Å². The summed E-state index contributed by atoms with van der Waals surface area (Å²) in [7, 11) is -5.85. The number of likely N-dealkylation sites (N-methyl/N-ethyl adjacent to an activating group) is 1. The molecule has 0 aromatic heterocycles. The van der Waals surface area contributed by atoms with E-state index in [9.17, 15) is 21.9 Å². The molecule has 1 aliphatic heterocycles. The molecule has 8 nitrogen and oxygen atoms in total. The Kier molecular flexibility index (Phi) is 6.97. The van der Waals surface area contributed by atoms with E-state index in [1.165, 1.54) is 21.7 Å². The molecule has 0 fully saturated rings. The Bertz CT molecular complexity index is 890. The van der Waals surface area contributed by atoms with Crippen LogP contribution in [0.5, 0.6) is 5.75 Å². The number of hydrogen-bond acceptors (Lipinski definition) is 6. The van der Waals surface area contributed by atoms with Crippen LogP contribution in [0.3, 0.4) is 0 Å². The molecule has 27 heavy (non-hydrogen) atoms. The second-order valence-electron chi connectivity index (χ2n) is 6.87. The quantitative estimate of drug-likeness (QED) is 0.670. The lowest BCUT2D eigenvalue weighted by Gasteiger charge is -2.37. The number of fused-ring (bicyclic) bond motifs is 1. The van der Waals surface area contributed by atoms with Gasteiger partial charge in [0.15, 0.2) is 0 Å². The topological polar surface area (TPSA) is 104 Å². The third-order valence-electron chi connectivity index (χ3n) is 4.63. The first-order valence-corrected chi connectivity index (χ1v) is 12.5. The largest absolute Gasteiger partial charge is 0.487 e. The molecule has 1 aromatic carbocycles. The molecular formula is C16H25BrN2O6S2. The molecule has 0 aliphatic carbocycles. The number of hydrogen-bond donors (Lipinski definition) is 1. The summed E-state index contributed by atoms with van der Waals surface area (Å²) >= 11 is 3.31. The lowest BCUT2D eigenvalue weighted by molar-refractivity contribution is 0.0905. The van der Waals surface area contributed by atoms with Crippen molar-refractivity contribution in [2.75, 3.05) is 33.0 Å². The zero-order valence-corrected chi connectivity index (χ0v) is 18.9. The normalized spacial score (nSPS) is 24.6. The summed E-state index contributed by atoms with van der Waals surface area (Å²) in [6.45, 7) is 3.28. The number of aliphatic hydroxyl groups excluding tert-OH is 1. The molecule has 0 bridgehead atoms. The molecule has 0 spiro atoms. The Balaban J connectivity index is 2.56. The highest BCUT2D eigenvalue weighted by Gasteiger charge is 2.38. The summed E-state index contributed by atoms with van der Waals surface area (Å²) in [5.74, 6) is -0.164. The maximum absolute atomic E-state index is 13.1. The van der Waals surface area contributed by atoms with Gasteiger partial charge in [-0.05, 0) is 25.1 Å². The van der Waals surface area contributed by atoms with Crippen LogP contribution in [-0.4, -0.2) is 75.7 Å². The third-order valence-corrected chi connectivity index (χ3v) is 8.43. The first-order chi connectivity index (χ1) is 12.4. The first-order valence-electron chi connectivity index (χ1n) is 8.38. The fourth-order valence-corrected chi connectivity index (χ4v) is 5.39. The van der Waals surface area contributed by atoms with Crippen LogP contribution >= 0.6 is 15.9 Å². The summed E-state index contributed by atoms with van der Waals surface area (Å²) in [5, 5.41) is 9.55. The van der Waals surface area contributed by atoms with Crippen molar-refractivity contribution in [1.29, 1.82) is 0 Å². The zero-order valence-electron chi connectivity index (χ0n) is 15.7. The Morgan fingerprint density at radius 3 is 2.63 bits per heavy atom. The zero-order chi connectivity index (χ0) is 20.6. The van der Waals surface area contributed by atoms with Gasteiger partial charge < -0.3 is 9.84 Å². The second-order valence-corrected chi connectivity index (χ2v) is 11.7. The van der Waals surface area contributed by atoms with Crippen molar-refractivity contribution >= 4 is 36.0 Å². The highest BCUT2D eigenvalue weighted by atomic mass is 79.9. The fourth-order valence-electron chi connectivity index (χ4n) is 2.81. The van der Waals surface area contributed by atoms with Crippen LogP contribution < -0.4 is 4.74 Å². The van der Waals surface area contributed by atoms with Gasteiger partial charge in [0.1, 0.15) is 16.7 Å². The van der Waals surface area contributed by atoms with E-state index >= 15 is 0 Å². The lowest BCUT2D eigenvalue weighted by Crippen LogP contribution is -2.50. The molecule has 1 aliphatic rings. The SMILES string of the molecule is C[C@H]1CN([C@@H](C)CO)S(=O)(=O)c2ccc(Br)cc2O[C@H]1CN(C)S(C)(=O)=O. The predicted octanol–water partition coefficient (Wildman–Crippen LogP) is 1.11. The number of ether oxygens (including phenoxy) is 1. The molecule has 1 aromatic rings. The van der Waals surface area contributed by atoms with E-state index in [0.29, 0.717) is 4.47 Å². The van der Waals surface area contributed by atoms with E-state index in [1.54, 1.807) is 26.0 Å². The van der Waals surface area contributed by atoms with E-state index in [-0.39, 0.29) is 36.3 Å². The van der Waals surface area contributed by atoms with Crippen LogP contribution in [0.15, 0.2) is 27.6 Å². The smallest absolute Gasteiger partial charge is 0.247 e. The van der Waals surface area contributed by atoms with Crippen LogP contribution in [0.1, 0.15) is 13.8 Å². The fraction of sp³-hybridized carbons (Fsp3) is 0.625. The average molecular weight is 485 g/mol. The van der Waals surface area contributed by atoms with Gasteiger partial charge in [-0.3, -0.25) is 0 Å². The highest BCUT2D eigenvalue weighted by molar-refractivity contribution is 9.10. The molecule has 2 rings (SSSR count). The molecule has 0 amide bonds. The molecule has 0 radical (unpaired) electrons. The van der Waals surface area contributed by atoms with Crippen molar-refractivity contribution in [2.24, 2.45) is 5.92 Å². The summed E-state index contributed by atoms with van der Waals surface area (Å²) in [5.41, 5.74) is 0. The van der Waals surface area contributed by atoms with Crippen molar-refractivity contribution in [3.05, 3.63) is 22.7 Å². The van der Waals surface area contributed by atoms with E-state index in [4.69, 9.17) is 4.74 Å². The van der Waals surface area contributed by atoms with Gasteiger partial charge in [0.25, 0.3) is 0 Å². The second kappa shape index (κ2) is 8.34. The van der Waals surface area contributed by atoms with E-state index < -0.39 is 32.2 Å². The maximum atomic E-state index is 13.1. The van der Waals surface area contributed by atoms with Crippen molar-refractivity contribution in [2.45, 2.75) is 30.9 Å². The summed E-state index contributed by atoms with van der Waals surface area (Å²) in [4.78, 5) is -0.00934. The van der Waals surface area contributed by atoms with Crippen molar-refractivity contribution in [3.8, 4) is 5.75 Å². The summed E-state index contributed by atoms with van der Waals surface area (Å²) in [6.07, 6.45) is 0.539. The number of sulfonamides is 2. The van der Waals surface area contributed by atoms with Crippen LogP contribution in [0, 0.1) is 5.92 Å². The van der Waals surface area contributed by atoms with E-state index in [0.717, 1.165) is 6.26 Å². The average Bonchev–Trinajstić information content (AvgIpc) is 2.56. The minimum atomic E-state index is -3.89. The van der Waals surface area contributed by atoms with Gasteiger partial charge in [0, 0.05) is 30.0 Å². The van der Waals surface area contributed by atoms with Gasteiger partial charge in [0.2, 0.25) is 20.0 Å². The van der Waals surface area contributed by atoms with Gasteiger partial charge in [-0.2, -0.15) is 4.31 Å². The van der Waals surface area contributed by atoms with Gasteiger partial charge in [-0.15, -0.1) is 0 Å². The molecule has 0 unspecified atom stereocenters. The summed E-state index contributed by atoms with van der Waals surface area (Å²) in [6, 6.07) is 3.98. The van der Waals surface area contributed by atoms with E-state index in [1.807, 2.05) is 0 Å². The predicted molar refractivity (Wildman–Crippen MR) is 106 cm³/mol. The molecular weight excluding hydrogens is 460 g/mol. The Labute approximate surface area is 169 Å².